The van der Waals surface area contributed by atoms with E-state index in [-0.39, 0.29) is 5.92 Å². The summed E-state index contributed by atoms with van der Waals surface area (Å²) in [6.45, 7) is 3.92. The van der Waals surface area contributed by atoms with Crippen molar-refractivity contribution in [2.45, 2.75) is 39.2 Å². The van der Waals surface area contributed by atoms with E-state index < -0.39 is 5.97 Å². The predicted molar refractivity (Wildman–Crippen MR) is 53.8 cm³/mol. The lowest BCUT2D eigenvalue weighted by Gasteiger charge is -2.19. The Morgan fingerprint density at radius 3 is 2.23 bits per heavy atom. The molecule has 0 aromatic carbocycles. The average molecular weight is 187 g/mol. The van der Waals surface area contributed by atoms with Gasteiger partial charge in [0, 0.05) is 6.04 Å². The van der Waals surface area contributed by atoms with Gasteiger partial charge in [-0.1, -0.05) is 13.3 Å². The normalized spacial score (nSPS) is 15.8. The monoisotopic (exact) mass is 187 g/mol. The Balaban J connectivity index is 3.50. The van der Waals surface area contributed by atoms with Gasteiger partial charge in [0.15, 0.2) is 0 Å². The number of aliphatic carboxylic acids is 1. The highest BCUT2D eigenvalue weighted by atomic mass is 16.4. The molecule has 0 aliphatic rings. The second kappa shape index (κ2) is 5.97. The molecule has 0 rings (SSSR count). The lowest BCUT2D eigenvalue weighted by Crippen LogP contribution is -2.24. The van der Waals surface area contributed by atoms with Crippen LogP contribution in [0.4, 0.5) is 0 Å². The first-order chi connectivity index (χ1) is 5.95. The molecule has 0 fully saturated rings. The molecule has 0 heterocycles. The summed E-state index contributed by atoms with van der Waals surface area (Å²) in [7, 11) is 4.09. The molecular weight excluding hydrogens is 166 g/mol. The van der Waals surface area contributed by atoms with Crippen molar-refractivity contribution < 1.29 is 9.90 Å². The molecule has 0 saturated heterocycles. The zero-order valence-corrected chi connectivity index (χ0v) is 9.08. The zero-order valence-electron chi connectivity index (χ0n) is 9.08. The van der Waals surface area contributed by atoms with Crippen molar-refractivity contribution in [2.24, 2.45) is 5.92 Å². The van der Waals surface area contributed by atoms with E-state index in [1.807, 2.05) is 14.1 Å². The Hall–Kier alpha value is -0.570. The highest BCUT2D eigenvalue weighted by Gasteiger charge is 2.11. The van der Waals surface area contributed by atoms with Crippen LogP contribution in [-0.2, 0) is 4.79 Å². The fraction of sp³-hybridized carbons (Fsp3) is 0.900. The van der Waals surface area contributed by atoms with Crippen LogP contribution in [0.1, 0.15) is 33.1 Å². The van der Waals surface area contributed by atoms with Gasteiger partial charge in [0.2, 0.25) is 0 Å². The molecule has 3 nitrogen and oxygen atoms in total. The van der Waals surface area contributed by atoms with E-state index in [4.69, 9.17) is 5.11 Å². The quantitative estimate of drug-likeness (QED) is 0.689. The van der Waals surface area contributed by atoms with E-state index in [0.717, 1.165) is 19.3 Å². The van der Waals surface area contributed by atoms with Crippen LogP contribution in [0.5, 0.6) is 0 Å². The molecule has 0 amide bonds. The standard InChI is InChI=1S/C10H21NO2/c1-8(10(12)13)6-5-7-9(2)11(3)4/h8-9H,5-7H2,1-4H3,(H,12,13). The lowest BCUT2D eigenvalue weighted by atomic mass is 10.0. The van der Waals surface area contributed by atoms with Crippen molar-refractivity contribution in [1.29, 1.82) is 0 Å². The van der Waals surface area contributed by atoms with Crippen LogP contribution < -0.4 is 0 Å². The van der Waals surface area contributed by atoms with Gasteiger partial charge >= 0.3 is 5.97 Å². The third-order valence-electron chi connectivity index (χ3n) is 2.56. The number of carboxylic acids is 1. The third-order valence-corrected chi connectivity index (χ3v) is 2.56. The summed E-state index contributed by atoms with van der Waals surface area (Å²) in [6.07, 6.45) is 2.85. The highest BCUT2D eigenvalue weighted by Crippen LogP contribution is 2.11. The van der Waals surface area contributed by atoms with Crippen molar-refractivity contribution in [3.63, 3.8) is 0 Å². The molecule has 0 radical (unpaired) electrons. The summed E-state index contributed by atoms with van der Waals surface area (Å²) in [6, 6.07) is 0.543. The molecule has 0 spiro atoms. The third kappa shape index (κ3) is 5.64. The summed E-state index contributed by atoms with van der Waals surface area (Å²) >= 11 is 0. The molecule has 0 bridgehead atoms. The van der Waals surface area contributed by atoms with Gasteiger partial charge in [-0.15, -0.1) is 0 Å². The molecule has 2 atom stereocenters. The molecule has 0 aliphatic carbocycles. The number of carboxylic acid groups (broad SMARTS) is 1. The van der Waals surface area contributed by atoms with Gasteiger partial charge in [0.1, 0.15) is 0 Å². The molecule has 78 valence electrons. The van der Waals surface area contributed by atoms with Crippen molar-refractivity contribution in [3.05, 3.63) is 0 Å². The topological polar surface area (TPSA) is 40.5 Å². The fourth-order valence-corrected chi connectivity index (χ4v) is 1.10. The van der Waals surface area contributed by atoms with Crippen LogP contribution in [0.2, 0.25) is 0 Å². The van der Waals surface area contributed by atoms with Gasteiger partial charge < -0.3 is 10.0 Å². The molecule has 1 N–H and O–H groups in total. The van der Waals surface area contributed by atoms with Gasteiger partial charge in [-0.05, 0) is 33.9 Å². The van der Waals surface area contributed by atoms with Gasteiger partial charge in [0.25, 0.3) is 0 Å². The van der Waals surface area contributed by atoms with Crippen molar-refractivity contribution >= 4 is 5.97 Å². The van der Waals surface area contributed by atoms with E-state index in [2.05, 4.69) is 11.8 Å². The summed E-state index contributed by atoms with van der Waals surface area (Å²) < 4.78 is 0. The summed E-state index contributed by atoms with van der Waals surface area (Å²) in [5.74, 6) is -0.883. The van der Waals surface area contributed by atoms with Crippen molar-refractivity contribution in [3.8, 4) is 0 Å². The van der Waals surface area contributed by atoms with Crippen LogP contribution in [0, 0.1) is 5.92 Å². The van der Waals surface area contributed by atoms with Crippen molar-refractivity contribution in [2.75, 3.05) is 14.1 Å². The molecule has 0 aromatic heterocycles. The van der Waals surface area contributed by atoms with Gasteiger partial charge in [-0.25, -0.2) is 0 Å². The van der Waals surface area contributed by atoms with Gasteiger partial charge in [-0.2, -0.15) is 0 Å². The Labute approximate surface area is 80.7 Å². The smallest absolute Gasteiger partial charge is 0.306 e. The number of hydrogen-bond donors (Lipinski definition) is 1. The minimum absolute atomic E-state index is 0.200. The summed E-state index contributed by atoms with van der Waals surface area (Å²) in [4.78, 5) is 12.7. The fourth-order valence-electron chi connectivity index (χ4n) is 1.10. The van der Waals surface area contributed by atoms with Crippen LogP contribution in [0.25, 0.3) is 0 Å². The zero-order chi connectivity index (χ0) is 10.4. The minimum Gasteiger partial charge on any atom is -0.481 e. The highest BCUT2D eigenvalue weighted by molar-refractivity contribution is 5.69. The van der Waals surface area contributed by atoms with Crippen LogP contribution >= 0.6 is 0 Å². The van der Waals surface area contributed by atoms with E-state index in [1.54, 1.807) is 6.92 Å². The Morgan fingerprint density at radius 2 is 1.85 bits per heavy atom. The minimum atomic E-state index is -0.683. The number of rotatable bonds is 6. The molecule has 0 aliphatic heterocycles. The summed E-state index contributed by atoms with van der Waals surface area (Å²) in [5, 5.41) is 8.65. The number of carbonyl (C=O) groups is 1. The molecular formula is C10H21NO2. The largest absolute Gasteiger partial charge is 0.481 e. The summed E-state index contributed by atoms with van der Waals surface area (Å²) in [5.41, 5.74) is 0. The maximum Gasteiger partial charge on any atom is 0.306 e. The number of hydrogen-bond acceptors (Lipinski definition) is 2. The van der Waals surface area contributed by atoms with E-state index >= 15 is 0 Å². The molecule has 0 aromatic rings. The Bertz CT molecular complexity index is 157. The van der Waals surface area contributed by atoms with Gasteiger partial charge in [0.05, 0.1) is 5.92 Å². The van der Waals surface area contributed by atoms with Gasteiger partial charge in [-0.3, -0.25) is 4.79 Å². The SMILES string of the molecule is CC(CCCC(C)N(C)C)C(=O)O. The first-order valence-electron chi connectivity index (χ1n) is 4.84. The Kier molecular flexibility index (Phi) is 5.71. The molecule has 2 unspecified atom stereocenters. The average Bonchev–Trinajstić information content (AvgIpc) is 2.03. The first kappa shape index (κ1) is 12.4. The van der Waals surface area contributed by atoms with Crippen LogP contribution in [0.15, 0.2) is 0 Å². The van der Waals surface area contributed by atoms with E-state index in [0.29, 0.717) is 6.04 Å². The van der Waals surface area contributed by atoms with Crippen LogP contribution in [0.3, 0.4) is 0 Å². The lowest BCUT2D eigenvalue weighted by molar-refractivity contribution is -0.141. The maximum atomic E-state index is 10.5. The van der Waals surface area contributed by atoms with E-state index in [9.17, 15) is 4.79 Å². The number of nitrogens with zero attached hydrogens (tertiary/aromatic N) is 1. The van der Waals surface area contributed by atoms with E-state index in [1.165, 1.54) is 0 Å². The second-order valence-electron chi connectivity index (χ2n) is 3.98. The van der Waals surface area contributed by atoms with Crippen molar-refractivity contribution in [1.82, 2.24) is 4.90 Å². The second-order valence-corrected chi connectivity index (χ2v) is 3.98. The molecule has 3 heteroatoms. The Morgan fingerprint density at radius 1 is 1.31 bits per heavy atom. The molecule has 13 heavy (non-hydrogen) atoms. The predicted octanol–water partition coefficient (Wildman–Crippen LogP) is 1.83. The maximum absolute atomic E-state index is 10.5. The first-order valence-corrected chi connectivity index (χ1v) is 4.84. The molecule has 0 saturated carbocycles. The van der Waals surface area contributed by atoms with Crippen LogP contribution in [-0.4, -0.2) is 36.1 Å².